The summed E-state index contributed by atoms with van der Waals surface area (Å²) in [5.41, 5.74) is 8.67. The van der Waals surface area contributed by atoms with Gasteiger partial charge in [-0.2, -0.15) is 0 Å². The number of carbonyl (C=O) groups excluding carboxylic acids is 1. The Kier molecular flexibility index (Phi) is 5.64. The molecule has 140 valence electrons. The molecule has 1 aromatic carbocycles. The van der Waals surface area contributed by atoms with Gasteiger partial charge in [0.25, 0.3) is 10.0 Å². The molecule has 0 saturated heterocycles. The first-order chi connectivity index (χ1) is 12.3. The number of rotatable bonds is 6. The first kappa shape index (κ1) is 18.9. The fourth-order valence-corrected chi connectivity index (χ4v) is 5.82. The quantitative estimate of drug-likeness (QED) is 0.656. The zero-order valence-electron chi connectivity index (χ0n) is 14.6. The topological polar surface area (TPSA) is 101 Å². The smallest absolute Gasteiger partial charge is 0.250 e. The van der Waals surface area contributed by atoms with E-state index in [9.17, 15) is 13.2 Å². The minimum absolute atomic E-state index is 0.0901. The molecule has 0 bridgehead atoms. The summed E-state index contributed by atoms with van der Waals surface area (Å²) >= 11 is 1.24. The monoisotopic (exact) mass is 393 g/mol. The number of fused-ring (bicyclic) bond motifs is 1. The molecule has 1 unspecified atom stereocenters. The predicted octanol–water partition coefficient (Wildman–Crippen LogP) is 2.36. The molecule has 0 saturated carbocycles. The van der Waals surface area contributed by atoms with Gasteiger partial charge in [0.05, 0.1) is 0 Å². The number of anilines is 1. The number of nitrogens with two attached hydrogens (primary N) is 1. The fourth-order valence-electron chi connectivity index (χ4n) is 3.20. The molecule has 1 aliphatic rings. The zero-order chi connectivity index (χ0) is 18.7. The highest BCUT2D eigenvalue weighted by molar-refractivity contribution is 7.91. The third-order valence-electron chi connectivity index (χ3n) is 4.43. The van der Waals surface area contributed by atoms with Gasteiger partial charge in [-0.05, 0) is 61.1 Å². The number of nitrogens with one attached hydrogen (secondary N) is 2. The van der Waals surface area contributed by atoms with Gasteiger partial charge in [-0.15, -0.1) is 11.3 Å². The molecule has 1 heterocycles. The number of nitrogen functional groups attached to an aromatic ring is 1. The molecule has 0 fully saturated rings. The summed E-state index contributed by atoms with van der Waals surface area (Å²) in [6, 6.07) is 8.87. The summed E-state index contributed by atoms with van der Waals surface area (Å²) in [5, 5.41) is 2.72. The van der Waals surface area contributed by atoms with Crippen LogP contribution in [0.5, 0.6) is 0 Å². The van der Waals surface area contributed by atoms with Crippen LogP contribution >= 0.6 is 11.3 Å². The number of carbonyl (C=O) groups is 1. The van der Waals surface area contributed by atoms with Crippen LogP contribution in [0.15, 0.2) is 34.5 Å². The van der Waals surface area contributed by atoms with Crippen LogP contribution in [-0.2, 0) is 27.7 Å². The van der Waals surface area contributed by atoms with Crippen LogP contribution in [0.4, 0.5) is 5.69 Å². The molecule has 0 radical (unpaired) electrons. The molecule has 0 spiro atoms. The highest BCUT2D eigenvalue weighted by Gasteiger charge is 2.26. The molecule has 1 atom stereocenters. The average Bonchev–Trinajstić information content (AvgIpc) is 3.04. The molecule has 6 nitrogen and oxygen atoms in total. The average molecular weight is 394 g/mol. The minimum Gasteiger partial charge on any atom is -0.399 e. The lowest BCUT2D eigenvalue weighted by Gasteiger charge is -2.26. The van der Waals surface area contributed by atoms with E-state index >= 15 is 0 Å². The van der Waals surface area contributed by atoms with Gasteiger partial charge >= 0.3 is 0 Å². The molecule has 3 rings (SSSR count). The summed E-state index contributed by atoms with van der Waals surface area (Å²) in [6.45, 7) is 1.96. The predicted molar refractivity (Wildman–Crippen MR) is 104 cm³/mol. The second-order valence-electron chi connectivity index (χ2n) is 6.48. The van der Waals surface area contributed by atoms with Crippen LogP contribution in [0.3, 0.4) is 0 Å². The Morgan fingerprint density at radius 1 is 1.31 bits per heavy atom. The zero-order valence-corrected chi connectivity index (χ0v) is 16.3. The molecule has 1 aromatic heterocycles. The van der Waals surface area contributed by atoms with Crippen LogP contribution in [0.1, 0.15) is 41.8 Å². The van der Waals surface area contributed by atoms with Gasteiger partial charge in [-0.3, -0.25) is 4.79 Å². The van der Waals surface area contributed by atoms with E-state index in [-0.39, 0.29) is 11.9 Å². The van der Waals surface area contributed by atoms with Crippen molar-refractivity contribution in [2.75, 3.05) is 12.3 Å². The Morgan fingerprint density at radius 2 is 2.12 bits per heavy atom. The van der Waals surface area contributed by atoms with Crippen molar-refractivity contribution in [3.05, 3.63) is 46.3 Å². The molecule has 8 heteroatoms. The van der Waals surface area contributed by atoms with Gasteiger partial charge in [0.2, 0.25) is 5.91 Å². The maximum absolute atomic E-state index is 12.8. The maximum atomic E-state index is 12.8. The summed E-state index contributed by atoms with van der Waals surface area (Å²) in [5.74, 6) is -0.0901. The van der Waals surface area contributed by atoms with E-state index in [4.69, 9.17) is 5.73 Å². The maximum Gasteiger partial charge on any atom is 0.250 e. The Hall–Kier alpha value is -1.90. The van der Waals surface area contributed by atoms with Crippen molar-refractivity contribution in [2.45, 2.75) is 42.9 Å². The first-order valence-corrected chi connectivity index (χ1v) is 10.9. The van der Waals surface area contributed by atoms with Gasteiger partial charge in [-0.1, -0.05) is 6.07 Å². The number of hydrogen-bond donors (Lipinski definition) is 3. The minimum atomic E-state index is -3.58. The lowest BCUT2D eigenvalue weighted by atomic mass is 9.88. The highest BCUT2D eigenvalue weighted by Crippen LogP contribution is 2.33. The summed E-state index contributed by atoms with van der Waals surface area (Å²) in [4.78, 5) is 11.8. The van der Waals surface area contributed by atoms with Gasteiger partial charge < -0.3 is 11.1 Å². The lowest BCUT2D eigenvalue weighted by Crippen LogP contribution is -2.30. The van der Waals surface area contributed by atoms with Gasteiger partial charge in [0.1, 0.15) is 4.21 Å². The van der Waals surface area contributed by atoms with E-state index in [2.05, 4.69) is 10.0 Å². The number of hydrogen-bond acceptors (Lipinski definition) is 5. The Balaban J connectivity index is 1.72. The van der Waals surface area contributed by atoms with Crippen LogP contribution < -0.4 is 15.8 Å². The Bertz CT molecular complexity index is 906. The highest BCUT2D eigenvalue weighted by atomic mass is 32.2. The standard InChI is InChI=1S/C18H23N3O3S2/c1-12(22)20-10-9-15-6-8-18(25-15)26(23,24)21-17-4-2-3-13-11-14(19)5-7-16(13)17/h5-8,11,17,21H,2-4,9-10,19H2,1H3,(H,20,22). The van der Waals surface area contributed by atoms with Gasteiger partial charge in [0.15, 0.2) is 0 Å². The number of amides is 1. The van der Waals surface area contributed by atoms with Crippen molar-refractivity contribution in [2.24, 2.45) is 0 Å². The molecular formula is C18H23N3O3S2. The summed E-state index contributed by atoms with van der Waals surface area (Å²) in [6.07, 6.45) is 3.24. The summed E-state index contributed by atoms with van der Waals surface area (Å²) in [7, 11) is -3.58. The van der Waals surface area contributed by atoms with Crippen LogP contribution in [0.25, 0.3) is 0 Å². The second kappa shape index (κ2) is 7.77. The molecular weight excluding hydrogens is 370 g/mol. The molecule has 2 aromatic rings. The van der Waals surface area contributed by atoms with E-state index in [1.807, 2.05) is 18.2 Å². The van der Waals surface area contributed by atoms with Crippen LogP contribution in [-0.4, -0.2) is 20.9 Å². The van der Waals surface area contributed by atoms with E-state index in [0.717, 1.165) is 35.3 Å². The molecule has 0 aliphatic heterocycles. The Labute approximate surface area is 157 Å². The Morgan fingerprint density at radius 3 is 2.88 bits per heavy atom. The number of thiophene rings is 1. The van der Waals surface area contributed by atoms with Gasteiger partial charge in [0, 0.05) is 30.1 Å². The van der Waals surface area contributed by atoms with Crippen molar-refractivity contribution in [3.8, 4) is 0 Å². The first-order valence-electron chi connectivity index (χ1n) is 8.59. The largest absolute Gasteiger partial charge is 0.399 e. The SMILES string of the molecule is CC(=O)NCCc1ccc(S(=O)(=O)NC2CCCc3cc(N)ccc32)s1. The lowest BCUT2D eigenvalue weighted by molar-refractivity contribution is -0.118. The molecule has 1 aliphatic carbocycles. The fraction of sp³-hybridized carbons (Fsp3) is 0.389. The van der Waals surface area contributed by atoms with Crippen molar-refractivity contribution >= 4 is 33.0 Å². The van der Waals surface area contributed by atoms with E-state index in [1.54, 1.807) is 12.1 Å². The summed E-state index contributed by atoms with van der Waals surface area (Å²) < 4.78 is 28.7. The number of benzene rings is 1. The molecule has 4 N–H and O–H groups in total. The van der Waals surface area contributed by atoms with Crippen LogP contribution in [0, 0.1) is 0 Å². The van der Waals surface area contributed by atoms with Crippen molar-refractivity contribution < 1.29 is 13.2 Å². The van der Waals surface area contributed by atoms with Crippen molar-refractivity contribution in [1.29, 1.82) is 0 Å². The second-order valence-corrected chi connectivity index (χ2v) is 9.59. The van der Waals surface area contributed by atoms with Crippen LogP contribution in [0.2, 0.25) is 0 Å². The number of aryl methyl sites for hydroxylation is 1. The normalized spacial score (nSPS) is 16.9. The van der Waals surface area contributed by atoms with Crippen molar-refractivity contribution in [3.63, 3.8) is 0 Å². The molecule has 1 amide bonds. The van der Waals surface area contributed by atoms with E-state index < -0.39 is 10.0 Å². The van der Waals surface area contributed by atoms with Gasteiger partial charge in [-0.25, -0.2) is 13.1 Å². The third-order valence-corrected chi connectivity index (χ3v) is 7.53. The molecule has 26 heavy (non-hydrogen) atoms. The van der Waals surface area contributed by atoms with E-state index in [1.165, 1.54) is 18.3 Å². The third kappa shape index (κ3) is 4.44. The van der Waals surface area contributed by atoms with E-state index in [0.29, 0.717) is 22.9 Å². The van der Waals surface area contributed by atoms with Crippen molar-refractivity contribution in [1.82, 2.24) is 10.0 Å². The number of sulfonamides is 1.